The van der Waals surface area contributed by atoms with E-state index >= 15 is 0 Å². The second-order valence-corrected chi connectivity index (χ2v) is 11.3. The van der Waals surface area contributed by atoms with Crippen molar-refractivity contribution in [1.29, 1.82) is 0 Å². The molecule has 2 fully saturated rings. The van der Waals surface area contributed by atoms with Gasteiger partial charge in [-0.1, -0.05) is 38.1 Å². The Hall–Kier alpha value is -3.49. The molecule has 1 N–H and O–H groups in total. The molecule has 41 heavy (non-hydrogen) atoms. The van der Waals surface area contributed by atoms with Gasteiger partial charge in [-0.05, 0) is 78.7 Å². The van der Waals surface area contributed by atoms with E-state index in [4.69, 9.17) is 21.1 Å². The molecule has 2 aromatic carbocycles. The number of benzene rings is 2. The summed E-state index contributed by atoms with van der Waals surface area (Å²) in [5.74, 6) is 3.54. The minimum absolute atomic E-state index is 0.138. The third-order valence-corrected chi connectivity index (χ3v) is 7.40. The number of nitrogens with zero attached hydrogens (tertiary/aromatic N) is 3. The maximum atomic E-state index is 11.2. The first-order valence-electron chi connectivity index (χ1n) is 14.1. The minimum atomic E-state index is 0.138. The Kier molecular flexibility index (Phi) is 10.7. The van der Waals surface area contributed by atoms with Gasteiger partial charge in [-0.2, -0.15) is 0 Å². The molecular weight excluding hydrogens is 540 g/mol. The third-order valence-electron chi connectivity index (χ3n) is 7.22. The van der Waals surface area contributed by atoms with Gasteiger partial charge in [0.25, 0.3) is 0 Å². The zero-order valence-corrected chi connectivity index (χ0v) is 24.9. The van der Waals surface area contributed by atoms with E-state index in [1.807, 2.05) is 42.5 Å². The first-order chi connectivity index (χ1) is 19.7. The maximum Gasteiger partial charge on any atom is 0.224 e. The molecule has 218 valence electrons. The van der Waals surface area contributed by atoms with Gasteiger partial charge in [-0.15, -0.1) is 0 Å². The molecule has 0 bridgehead atoms. The molecule has 2 atom stereocenters. The summed E-state index contributed by atoms with van der Waals surface area (Å²) in [4.78, 5) is 32.4. The van der Waals surface area contributed by atoms with Gasteiger partial charge in [-0.3, -0.25) is 0 Å². The van der Waals surface area contributed by atoms with Gasteiger partial charge in [0.05, 0.1) is 13.1 Å². The zero-order chi connectivity index (χ0) is 29.4. The van der Waals surface area contributed by atoms with Crippen molar-refractivity contribution in [3.05, 3.63) is 77.2 Å². The van der Waals surface area contributed by atoms with E-state index in [1.54, 1.807) is 20.0 Å². The molecule has 8 nitrogen and oxygen atoms in total. The number of carbonyl (C=O) groups excluding carboxylic acids is 2. The second-order valence-electron chi connectivity index (χ2n) is 11.0. The van der Waals surface area contributed by atoms with Crippen LogP contribution in [0.5, 0.6) is 11.5 Å². The van der Waals surface area contributed by atoms with E-state index in [1.165, 1.54) is 5.56 Å². The first kappa shape index (κ1) is 30.5. The van der Waals surface area contributed by atoms with E-state index in [0.29, 0.717) is 18.9 Å². The number of hydrogen-bond acceptors (Lipinski definition) is 8. The summed E-state index contributed by atoms with van der Waals surface area (Å²) in [7, 11) is 0. The molecule has 1 aromatic heterocycles. The highest BCUT2D eigenvalue weighted by Crippen LogP contribution is 2.26. The summed E-state index contributed by atoms with van der Waals surface area (Å²) < 4.78 is 11.7. The predicted octanol–water partition coefficient (Wildman–Crippen LogP) is 5.60. The van der Waals surface area contributed by atoms with Crippen LogP contribution in [-0.2, 0) is 9.59 Å². The van der Waals surface area contributed by atoms with Crippen LogP contribution in [-0.4, -0.2) is 59.9 Å². The van der Waals surface area contributed by atoms with Crippen molar-refractivity contribution in [3.8, 4) is 11.5 Å². The molecule has 2 saturated heterocycles. The van der Waals surface area contributed by atoms with Crippen LogP contribution in [0.2, 0.25) is 5.28 Å². The molecule has 0 aliphatic carbocycles. The fraction of sp³-hybridized carbons (Fsp3) is 0.438. The summed E-state index contributed by atoms with van der Waals surface area (Å²) in [5, 5.41) is 3.43. The normalized spacial score (nSPS) is 16.4. The number of anilines is 1. The molecule has 0 saturated carbocycles. The number of nitrogens with one attached hydrogen (secondary N) is 1. The van der Waals surface area contributed by atoms with Crippen molar-refractivity contribution in [3.63, 3.8) is 0 Å². The fourth-order valence-electron chi connectivity index (χ4n) is 4.78. The Balaban J connectivity index is 0.000000201. The van der Waals surface area contributed by atoms with Crippen molar-refractivity contribution < 1.29 is 19.1 Å². The lowest BCUT2D eigenvalue weighted by molar-refractivity contribution is -0.118. The number of ether oxygens (including phenoxy) is 2. The molecule has 3 heterocycles. The molecule has 0 spiro atoms. The van der Waals surface area contributed by atoms with Crippen LogP contribution >= 0.6 is 11.6 Å². The van der Waals surface area contributed by atoms with Gasteiger partial charge >= 0.3 is 0 Å². The van der Waals surface area contributed by atoms with Gasteiger partial charge in [0.2, 0.25) is 5.28 Å². The van der Waals surface area contributed by atoms with Gasteiger partial charge in [0, 0.05) is 32.1 Å². The van der Waals surface area contributed by atoms with Gasteiger partial charge in [0.1, 0.15) is 41.1 Å². The van der Waals surface area contributed by atoms with Crippen LogP contribution in [0.25, 0.3) is 0 Å². The van der Waals surface area contributed by atoms with Crippen molar-refractivity contribution in [2.75, 3.05) is 31.1 Å². The van der Waals surface area contributed by atoms with Crippen LogP contribution in [0.1, 0.15) is 63.5 Å². The number of carbonyl (C=O) groups is 2. The zero-order valence-electron chi connectivity index (χ0n) is 24.2. The highest BCUT2D eigenvalue weighted by Gasteiger charge is 2.29. The summed E-state index contributed by atoms with van der Waals surface area (Å²) in [5.41, 5.74) is 2.35. The standard InChI is InChI=1S/C18H20ClN3O2.C14H19NO2/c1-12(9-13(2)23)14-3-5-15(6-4-14)24-16-10-22(11-16)17-7-8-20-18(19)21-17;1-10(7-11(2)16)12-3-5-13(6-4-12)17-14-8-15-9-14/h3-8,12,16H,9-11H2,1-2H3;3-6,10,14-15H,7-9H2,1-2H3/t12-;10-/m11/s1. The molecule has 2 aliphatic rings. The van der Waals surface area contributed by atoms with E-state index in [2.05, 4.69) is 46.2 Å². The third kappa shape index (κ3) is 9.26. The number of aromatic nitrogens is 2. The average Bonchev–Trinajstić information content (AvgIpc) is 2.88. The van der Waals surface area contributed by atoms with Crippen molar-refractivity contribution in [2.24, 2.45) is 0 Å². The molecule has 5 rings (SSSR count). The maximum absolute atomic E-state index is 11.2. The monoisotopic (exact) mass is 578 g/mol. The lowest BCUT2D eigenvalue weighted by atomic mass is 9.96. The number of Topliss-reactive ketones (excluding diaryl/α,β-unsaturated/α-hetero) is 2. The lowest BCUT2D eigenvalue weighted by Gasteiger charge is -2.39. The second kappa shape index (κ2) is 14.4. The van der Waals surface area contributed by atoms with E-state index < -0.39 is 0 Å². The largest absolute Gasteiger partial charge is 0.488 e. The van der Waals surface area contributed by atoms with Gasteiger partial charge in [-0.25, -0.2) is 9.97 Å². The molecule has 2 aliphatic heterocycles. The van der Waals surface area contributed by atoms with Crippen LogP contribution < -0.4 is 19.7 Å². The van der Waals surface area contributed by atoms with E-state index in [9.17, 15) is 9.59 Å². The quantitative estimate of drug-likeness (QED) is 0.294. The number of ketones is 2. The molecule has 3 aromatic rings. The molecule has 0 amide bonds. The lowest BCUT2D eigenvalue weighted by Crippen LogP contribution is -2.54. The topological polar surface area (TPSA) is 93.7 Å². The number of rotatable bonds is 11. The summed E-state index contributed by atoms with van der Waals surface area (Å²) in [6, 6.07) is 17.9. The predicted molar refractivity (Wildman–Crippen MR) is 161 cm³/mol. The minimum Gasteiger partial charge on any atom is -0.488 e. The molecular formula is C32H39ClN4O4. The Morgan fingerprint density at radius 1 is 0.854 bits per heavy atom. The summed E-state index contributed by atoms with van der Waals surface area (Å²) in [6.07, 6.45) is 3.28. The average molecular weight is 579 g/mol. The summed E-state index contributed by atoms with van der Waals surface area (Å²) in [6.45, 7) is 10.8. The van der Waals surface area contributed by atoms with Crippen LogP contribution in [0.15, 0.2) is 60.8 Å². The first-order valence-corrected chi connectivity index (χ1v) is 14.5. The molecule has 0 radical (unpaired) electrons. The SMILES string of the molecule is CC(=O)C[C@@H](C)c1ccc(OC2CN(c3ccnc(Cl)n3)C2)cc1.CC(=O)C[C@@H](C)c1ccc(OC2CNC2)cc1. The van der Waals surface area contributed by atoms with Crippen LogP contribution in [0.3, 0.4) is 0 Å². The van der Waals surface area contributed by atoms with Crippen LogP contribution in [0.4, 0.5) is 5.82 Å². The Morgan fingerprint density at radius 3 is 1.76 bits per heavy atom. The van der Waals surface area contributed by atoms with Crippen molar-refractivity contribution in [1.82, 2.24) is 15.3 Å². The van der Waals surface area contributed by atoms with E-state index in [-0.39, 0.29) is 34.8 Å². The Labute approximate surface area is 247 Å². The van der Waals surface area contributed by atoms with E-state index in [0.717, 1.165) is 49.1 Å². The van der Waals surface area contributed by atoms with Crippen molar-refractivity contribution in [2.45, 2.75) is 64.6 Å². The molecule has 9 heteroatoms. The Bertz CT molecular complexity index is 1290. The summed E-state index contributed by atoms with van der Waals surface area (Å²) >= 11 is 5.81. The fourth-order valence-corrected chi connectivity index (χ4v) is 4.92. The smallest absolute Gasteiger partial charge is 0.224 e. The number of hydrogen-bond donors (Lipinski definition) is 1. The van der Waals surface area contributed by atoms with Gasteiger partial charge < -0.3 is 29.3 Å². The Morgan fingerprint density at radius 2 is 1.34 bits per heavy atom. The van der Waals surface area contributed by atoms with Crippen molar-refractivity contribution >= 4 is 29.0 Å². The van der Waals surface area contributed by atoms with Crippen LogP contribution in [0, 0.1) is 0 Å². The van der Waals surface area contributed by atoms with Gasteiger partial charge in [0.15, 0.2) is 0 Å². The highest BCUT2D eigenvalue weighted by molar-refractivity contribution is 6.28. The molecule has 0 unspecified atom stereocenters. The number of halogens is 1. The highest BCUT2D eigenvalue weighted by atomic mass is 35.5.